The maximum absolute atomic E-state index is 12.0. The third-order valence-corrected chi connectivity index (χ3v) is 5.12. The number of amides is 1. The fraction of sp³-hybridized carbons (Fsp3) is 0.923. The molecule has 110 valence electrons. The largest absolute Gasteiger partial charge is 0.353 e. The summed E-state index contributed by atoms with van der Waals surface area (Å²) in [5, 5.41) is 3.08. The molecule has 2 aliphatic carbocycles. The van der Waals surface area contributed by atoms with Crippen LogP contribution in [0, 0.1) is 17.8 Å². The summed E-state index contributed by atoms with van der Waals surface area (Å²) >= 11 is 0. The number of nitrogens with one attached hydrogen (secondary N) is 1. The van der Waals surface area contributed by atoms with Crippen molar-refractivity contribution in [3.05, 3.63) is 0 Å². The highest BCUT2D eigenvalue weighted by Gasteiger charge is 2.43. The van der Waals surface area contributed by atoms with Gasteiger partial charge in [0.05, 0.1) is 5.75 Å². The normalized spacial score (nSPS) is 34.8. The monoisotopic (exact) mass is 289 g/mol. The Balaban J connectivity index is 1.68. The van der Waals surface area contributed by atoms with Gasteiger partial charge in [0.1, 0.15) is 0 Å². The van der Waals surface area contributed by atoms with Gasteiger partial charge < -0.3 is 5.32 Å². The Kier molecular flexibility index (Phi) is 4.50. The summed E-state index contributed by atoms with van der Waals surface area (Å²) < 4.78 is 30.0. The van der Waals surface area contributed by atoms with Crippen molar-refractivity contribution >= 4 is 16.0 Å². The van der Waals surface area contributed by atoms with Crippen LogP contribution in [0.15, 0.2) is 0 Å². The predicted octanol–water partition coefficient (Wildman–Crippen LogP) is 1.60. The molecule has 0 aromatic heterocycles. The van der Waals surface area contributed by atoms with Crippen molar-refractivity contribution < 1.29 is 17.8 Å². The summed E-state index contributed by atoms with van der Waals surface area (Å²) in [5.41, 5.74) is 0. The third-order valence-electron chi connectivity index (χ3n) is 4.37. The average molecular weight is 289 g/mol. The van der Waals surface area contributed by atoms with Crippen LogP contribution >= 0.6 is 0 Å². The Labute approximate surface area is 114 Å². The summed E-state index contributed by atoms with van der Waals surface area (Å²) in [6.07, 6.45) is 5.58. The van der Waals surface area contributed by atoms with E-state index in [4.69, 9.17) is 4.55 Å². The van der Waals surface area contributed by atoms with Crippen LogP contribution in [0.1, 0.15) is 45.4 Å². The molecule has 0 radical (unpaired) electrons. The zero-order chi connectivity index (χ0) is 14.0. The first kappa shape index (κ1) is 14.8. The first-order valence-corrected chi connectivity index (χ1v) is 8.71. The van der Waals surface area contributed by atoms with E-state index in [1.54, 1.807) is 0 Å². The van der Waals surface area contributed by atoms with E-state index < -0.39 is 10.1 Å². The van der Waals surface area contributed by atoms with Crippen molar-refractivity contribution in [1.82, 2.24) is 5.32 Å². The standard InChI is InChI=1S/C13H23NO4S/c1-9-2-4-11(5-3-9)14-13(15)12-8-10(12)6-7-19(16,17)18/h9-12H,2-8H2,1H3,(H,14,15)(H,16,17,18)/t9?,10?,11?,12-/m0/s1. The highest BCUT2D eigenvalue weighted by Crippen LogP contribution is 2.41. The maximum Gasteiger partial charge on any atom is 0.264 e. The van der Waals surface area contributed by atoms with Gasteiger partial charge in [-0.25, -0.2) is 0 Å². The van der Waals surface area contributed by atoms with Crippen LogP contribution in [0.5, 0.6) is 0 Å². The average Bonchev–Trinajstić information content (AvgIpc) is 3.08. The fourth-order valence-corrected chi connectivity index (χ4v) is 3.50. The van der Waals surface area contributed by atoms with E-state index in [2.05, 4.69) is 12.2 Å². The summed E-state index contributed by atoms with van der Waals surface area (Å²) in [6, 6.07) is 0.298. The first-order chi connectivity index (χ1) is 8.85. The molecule has 2 fully saturated rings. The minimum Gasteiger partial charge on any atom is -0.353 e. The Morgan fingerprint density at radius 3 is 2.47 bits per heavy atom. The molecule has 0 saturated heterocycles. The Bertz CT molecular complexity index is 426. The van der Waals surface area contributed by atoms with Gasteiger partial charge in [-0.05, 0) is 50.4 Å². The van der Waals surface area contributed by atoms with Gasteiger partial charge in [-0.15, -0.1) is 0 Å². The van der Waals surface area contributed by atoms with Crippen LogP contribution < -0.4 is 5.32 Å². The van der Waals surface area contributed by atoms with Crippen molar-refractivity contribution in [3.63, 3.8) is 0 Å². The third kappa shape index (κ3) is 4.76. The molecule has 1 amide bonds. The molecule has 2 aliphatic rings. The highest BCUT2D eigenvalue weighted by molar-refractivity contribution is 7.85. The molecule has 0 bridgehead atoms. The van der Waals surface area contributed by atoms with Gasteiger partial charge in [-0.3, -0.25) is 9.35 Å². The Morgan fingerprint density at radius 2 is 1.89 bits per heavy atom. The van der Waals surface area contributed by atoms with Crippen molar-refractivity contribution in [2.45, 2.75) is 51.5 Å². The highest BCUT2D eigenvalue weighted by atomic mass is 32.2. The lowest BCUT2D eigenvalue weighted by Gasteiger charge is -2.27. The lowest BCUT2D eigenvalue weighted by atomic mass is 9.87. The smallest absolute Gasteiger partial charge is 0.264 e. The molecule has 0 aromatic carbocycles. The fourth-order valence-electron chi connectivity index (χ4n) is 2.90. The van der Waals surface area contributed by atoms with E-state index in [1.165, 1.54) is 12.8 Å². The lowest BCUT2D eigenvalue weighted by Crippen LogP contribution is -2.38. The van der Waals surface area contributed by atoms with Gasteiger partial charge in [-0.1, -0.05) is 6.92 Å². The van der Waals surface area contributed by atoms with Crippen LogP contribution in [0.4, 0.5) is 0 Å². The van der Waals surface area contributed by atoms with Crippen LogP contribution in [0.2, 0.25) is 0 Å². The van der Waals surface area contributed by atoms with Gasteiger partial charge in [0.2, 0.25) is 5.91 Å². The lowest BCUT2D eigenvalue weighted by molar-refractivity contribution is -0.123. The molecule has 2 rings (SSSR count). The second-order valence-corrected chi connectivity index (χ2v) is 7.71. The van der Waals surface area contributed by atoms with Gasteiger partial charge in [0.15, 0.2) is 0 Å². The number of carbonyl (C=O) groups excluding carboxylic acids is 1. The van der Waals surface area contributed by atoms with Crippen molar-refractivity contribution in [3.8, 4) is 0 Å². The molecular weight excluding hydrogens is 266 g/mol. The molecule has 0 aromatic rings. The predicted molar refractivity (Wildman–Crippen MR) is 72.2 cm³/mol. The summed E-state index contributed by atoms with van der Waals surface area (Å²) in [7, 11) is -3.89. The van der Waals surface area contributed by atoms with E-state index in [0.29, 0.717) is 12.5 Å². The number of hydrogen-bond donors (Lipinski definition) is 2. The van der Waals surface area contributed by atoms with Crippen LogP contribution in [0.25, 0.3) is 0 Å². The quantitative estimate of drug-likeness (QED) is 0.753. The topological polar surface area (TPSA) is 83.5 Å². The van der Waals surface area contributed by atoms with Crippen molar-refractivity contribution in [2.24, 2.45) is 17.8 Å². The molecule has 2 saturated carbocycles. The number of hydrogen-bond acceptors (Lipinski definition) is 3. The van der Waals surface area contributed by atoms with Gasteiger partial charge in [-0.2, -0.15) is 8.42 Å². The minimum absolute atomic E-state index is 0.0406. The molecule has 0 spiro atoms. The van der Waals surface area contributed by atoms with Crippen LogP contribution in [0.3, 0.4) is 0 Å². The summed E-state index contributed by atoms with van der Waals surface area (Å²) in [6.45, 7) is 2.24. The molecule has 6 heteroatoms. The Morgan fingerprint density at radius 1 is 1.26 bits per heavy atom. The van der Waals surface area contributed by atoms with Crippen LogP contribution in [-0.4, -0.2) is 30.7 Å². The van der Waals surface area contributed by atoms with E-state index in [9.17, 15) is 13.2 Å². The first-order valence-electron chi connectivity index (χ1n) is 7.10. The van der Waals surface area contributed by atoms with Gasteiger partial charge in [0.25, 0.3) is 10.1 Å². The van der Waals surface area contributed by atoms with Crippen molar-refractivity contribution in [2.75, 3.05) is 5.75 Å². The van der Waals surface area contributed by atoms with E-state index in [1.807, 2.05) is 0 Å². The molecule has 19 heavy (non-hydrogen) atoms. The second kappa shape index (κ2) is 5.79. The molecule has 2 N–H and O–H groups in total. The molecule has 1 unspecified atom stereocenters. The SMILES string of the molecule is CC1CCC(NC(=O)[C@H]2CC2CCS(=O)(=O)O)CC1. The molecule has 0 aliphatic heterocycles. The molecule has 0 heterocycles. The molecule has 2 atom stereocenters. The zero-order valence-corrected chi connectivity index (χ0v) is 12.2. The van der Waals surface area contributed by atoms with Crippen LogP contribution in [-0.2, 0) is 14.9 Å². The van der Waals surface area contributed by atoms with Gasteiger partial charge >= 0.3 is 0 Å². The maximum atomic E-state index is 12.0. The minimum atomic E-state index is -3.89. The van der Waals surface area contributed by atoms with Gasteiger partial charge in [0, 0.05) is 12.0 Å². The molecular formula is C13H23NO4S. The van der Waals surface area contributed by atoms with E-state index in [0.717, 1.165) is 25.2 Å². The van der Waals surface area contributed by atoms with E-state index in [-0.39, 0.29) is 23.5 Å². The molecule has 5 nitrogen and oxygen atoms in total. The second-order valence-electron chi connectivity index (χ2n) is 6.14. The van der Waals surface area contributed by atoms with Crippen molar-refractivity contribution in [1.29, 1.82) is 0 Å². The number of carbonyl (C=O) groups is 1. The van der Waals surface area contributed by atoms with E-state index >= 15 is 0 Å². The zero-order valence-electron chi connectivity index (χ0n) is 11.3. The summed E-state index contributed by atoms with van der Waals surface area (Å²) in [5.74, 6) is 0.685. The number of rotatable bonds is 5. The summed E-state index contributed by atoms with van der Waals surface area (Å²) in [4.78, 5) is 12.0. The Hall–Kier alpha value is -0.620.